The van der Waals surface area contributed by atoms with Crippen LogP contribution in [0.25, 0.3) is 0 Å². The molecule has 162 valence electrons. The standard InChI is InChI=1S/C21H28N4O5/c1-12(14-7-5-13(10-22)6-8-14)24-18(27)16-9-15(26)11-25(16)19(28)17(21(2,3)4)30-20(23)29/h5-8,12,15-17,26H,9,11H2,1-4H3,(H2,23,29)(H,24,27)/t12?,15-,16+,17?/m1/s1. The Labute approximate surface area is 175 Å². The number of aliphatic hydroxyl groups is 1. The molecule has 0 saturated carbocycles. The molecule has 1 aromatic carbocycles. The molecule has 4 atom stereocenters. The number of nitrogens with two attached hydrogens (primary N) is 1. The van der Waals surface area contributed by atoms with Crippen molar-refractivity contribution in [2.75, 3.05) is 6.54 Å². The minimum absolute atomic E-state index is 0.0448. The normalized spacial score (nSPS) is 20.7. The van der Waals surface area contributed by atoms with Crippen LogP contribution in [0.15, 0.2) is 24.3 Å². The summed E-state index contributed by atoms with van der Waals surface area (Å²) in [5.41, 5.74) is 5.67. The lowest BCUT2D eigenvalue weighted by molar-refractivity contribution is -0.150. The number of hydrogen-bond acceptors (Lipinski definition) is 6. The van der Waals surface area contributed by atoms with Crippen LogP contribution in [0.3, 0.4) is 0 Å². The average molecular weight is 416 g/mol. The molecule has 1 aliphatic heterocycles. The van der Waals surface area contributed by atoms with Crippen molar-refractivity contribution in [2.45, 2.75) is 58.4 Å². The number of rotatable bonds is 5. The Hall–Kier alpha value is -3.12. The summed E-state index contributed by atoms with van der Waals surface area (Å²) in [7, 11) is 0. The van der Waals surface area contributed by atoms with Crippen LogP contribution in [-0.2, 0) is 14.3 Å². The third-order valence-corrected chi connectivity index (χ3v) is 5.01. The highest BCUT2D eigenvalue weighted by molar-refractivity contribution is 5.91. The number of nitrogens with one attached hydrogen (secondary N) is 1. The van der Waals surface area contributed by atoms with Crippen LogP contribution in [0.4, 0.5) is 4.79 Å². The number of aliphatic hydroxyl groups excluding tert-OH is 1. The maximum atomic E-state index is 13.1. The van der Waals surface area contributed by atoms with E-state index in [-0.39, 0.29) is 19.0 Å². The van der Waals surface area contributed by atoms with E-state index in [9.17, 15) is 19.5 Å². The van der Waals surface area contributed by atoms with Gasteiger partial charge in [0, 0.05) is 18.4 Å². The Morgan fingerprint density at radius 3 is 2.40 bits per heavy atom. The molecule has 1 aliphatic rings. The molecule has 0 aromatic heterocycles. The molecule has 2 unspecified atom stereocenters. The topological polar surface area (TPSA) is 146 Å². The number of primary amides is 1. The van der Waals surface area contributed by atoms with Crippen molar-refractivity contribution in [3.63, 3.8) is 0 Å². The molecule has 3 amide bonds. The lowest BCUT2D eigenvalue weighted by Crippen LogP contribution is -2.53. The van der Waals surface area contributed by atoms with Gasteiger partial charge < -0.3 is 25.8 Å². The molecular formula is C21H28N4O5. The molecule has 4 N–H and O–H groups in total. The summed E-state index contributed by atoms with van der Waals surface area (Å²) in [6.07, 6.45) is -3.07. The number of hydrogen-bond donors (Lipinski definition) is 3. The van der Waals surface area contributed by atoms with E-state index in [4.69, 9.17) is 15.7 Å². The third-order valence-electron chi connectivity index (χ3n) is 5.01. The summed E-state index contributed by atoms with van der Waals surface area (Å²) in [5.74, 6) is -1.01. The minimum Gasteiger partial charge on any atom is -0.436 e. The number of carbonyl (C=O) groups excluding carboxylic acids is 3. The van der Waals surface area contributed by atoms with Gasteiger partial charge in [0.15, 0.2) is 6.10 Å². The van der Waals surface area contributed by atoms with E-state index in [1.54, 1.807) is 52.0 Å². The van der Waals surface area contributed by atoms with E-state index in [1.165, 1.54) is 4.90 Å². The van der Waals surface area contributed by atoms with Crippen molar-refractivity contribution in [1.29, 1.82) is 5.26 Å². The monoisotopic (exact) mass is 416 g/mol. The smallest absolute Gasteiger partial charge is 0.405 e. The fourth-order valence-electron chi connectivity index (χ4n) is 3.41. The minimum atomic E-state index is -1.19. The third kappa shape index (κ3) is 5.48. The maximum Gasteiger partial charge on any atom is 0.405 e. The van der Waals surface area contributed by atoms with Gasteiger partial charge in [-0.05, 0) is 24.6 Å². The molecule has 0 radical (unpaired) electrons. The van der Waals surface area contributed by atoms with Gasteiger partial charge in [-0.15, -0.1) is 0 Å². The second-order valence-electron chi connectivity index (χ2n) is 8.54. The van der Waals surface area contributed by atoms with Crippen molar-refractivity contribution in [1.82, 2.24) is 10.2 Å². The van der Waals surface area contributed by atoms with Crippen LogP contribution in [0.1, 0.15) is 51.3 Å². The van der Waals surface area contributed by atoms with E-state index >= 15 is 0 Å². The lowest BCUT2D eigenvalue weighted by atomic mass is 9.88. The highest BCUT2D eigenvalue weighted by atomic mass is 16.6. The van der Waals surface area contributed by atoms with E-state index in [2.05, 4.69) is 5.32 Å². The van der Waals surface area contributed by atoms with Gasteiger partial charge in [-0.2, -0.15) is 5.26 Å². The number of amides is 3. The second kappa shape index (κ2) is 9.13. The number of ether oxygens (including phenoxy) is 1. The number of carbonyl (C=O) groups is 3. The van der Waals surface area contributed by atoms with Gasteiger partial charge in [0.1, 0.15) is 6.04 Å². The first kappa shape index (κ1) is 23.2. The number of benzene rings is 1. The van der Waals surface area contributed by atoms with Crippen LogP contribution >= 0.6 is 0 Å². The predicted octanol–water partition coefficient (Wildman–Crippen LogP) is 1.21. The molecule has 30 heavy (non-hydrogen) atoms. The van der Waals surface area contributed by atoms with E-state index in [0.29, 0.717) is 5.56 Å². The predicted molar refractivity (Wildman–Crippen MR) is 108 cm³/mol. The van der Waals surface area contributed by atoms with Crippen LogP contribution in [0.2, 0.25) is 0 Å². The van der Waals surface area contributed by atoms with Gasteiger partial charge >= 0.3 is 6.09 Å². The summed E-state index contributed by atoms with van der Waals surface area (Å²) in [6, 6.07) is 7.55. The highest BCUT2D eigenvalue weighted by Crippen LogP contribution is 2.28. The molecule has 1 fully saturated rings. The number of nitriles is 1. The van der Waals surface area contributed by atoms with Crippen LogP contribution < -0.4 is 11.1 Å². The van der Waals surface area contributed by atoms with Crippen molar-refractivity contribution < 1.29 is 24.2 Å². The quantitative estimate of drug-likeness (QED) is 0.657. The number of nitrogens with zero attached hydrogens (tertiary/aromatic N) is 2. The Morgan fingerprint density at radius 2 is 1.90 bits per heavy atom. The zero-order valence-corrected chi connectivity index (χ0v) is 17.6. The van der Waals surface area contributed by atoms with Crippen molar-refractivity contribution in [2.24, 2.45) is 11.1 Å². The summed E-state index contributed by atoms with van der Waals surface area (Å²) in [6.45, 7) is 6.88. The molecule has 1 heterocycles. The van der Waals surface area contributed by atoms with Gasteiger partial charge in [-0.1, -0.05) is 32.9 Å². The van der Waals surface area contributed by atoms with Crippen molar-refractivity contribution in [3.05, 3.63) is 35.4 Å². The molecule has 2 rings (SSSR count). The molecule has 9 nitrogen and oxygen atoms in total. The molecule has 1 saturated heterocycles. The van der Waals surface area contributed by atoms with E-state index < -0.39 is 41.6 Å². The zero-order chi connectivity index (χ0) is 22.6. The molecule has 0 spiro atoms. The fourth-order valence-corrected chi connectivity index (χ4v) is 3.41. The Morgan fingerprint density at radius 1 is 1.30 bits per heavy atom. The van der Waals surface area contributed by atoms with Crippen LogP contribution in [0.5, 0.6) is 0 Å². The summed E-state index contributed by atoms with van der Waals surface area (Å²) >= 11 is 0. The van der Waals surface area contributed by atoms with Gasteiger partial charge in [-0.25, -0.2) is 4.79 Å². The van der Waals surface area contributed by atoms with Crippen molar-refractivity contribution in [3.8, 4) is 6.07 Å². The molecule has 9 heteroatoms. The summed E-state index contributed by atoms with van der Waals surface area (Å²) in [5, 5.41) is 21.8. The molecule has 1 aromatic rings. The molecule has 0 aliphatic carbocycles. The van der Waals surface area contributed by atoms with Gasteiger partial charge in [0.2, 0.25) is 5.91 Å². The fraction of sp³-hybridized carbons (Fsp3) is 0.524. The highest BCUT2D eigenvalue weighted by Gasteiger charge is 2.45. The summed E-state index contributed by atoms with van der Waals surface area (Å²) in [4.78, 5) is 38.5. The van der Waals surface area contributed by atoms with E-state index in [1.807, 2.05) is 6.07 Å². The first-order chi connectivity index (χ1) is 13.9. The number of likely N-dealkylation sites (tertiary alicyclic amines) is 1. The Bertz CT molecular complexity index is 840. The van der Waals surface area contributed by atoms with Crippen molar-refractivity contribution >= 4 is 17.9 Å². The van der Waals surface area contributed by atoms with E-state index in [0.717, 1.165) is 5.56 Å². The first-order valence-electron chi connectivity index (χ1n) is 9.69. The van der Waals surface area contributed by atoms with Gasteiger partial charge in [0.05, 0.1) is 23.8 Å². The van der Waals surface area contributed by atoms with Crippen LogP contribution in [-0.4, -0.2) is 52.7 Å². The SMILES string of the molecule is CC(NC(=O)[C@@H]1C[C@@H](O)CN1C(=O)C(OC(N)=O)C(C)(C)C)c1ccc(C#N)cc1. The Kier molecular flexibility index (Phi) is 7.05. The average Bonchev–Trinajstić information content (AvgIpc) is 3.06. The Balaban J connectivity index is 2.17. The first-order valence-corrected chi connectivity index (χ1v) is 9.69. The molecular weight excluding hydrogens is 388 g/mol. The van der Waals surface area contributed by atoms with Gasteiger partial charge in [0.25, 0.3) is 5.91 Å². The lowest BCUT2D eigenvalue weighted by Gasteiger charge is -2.34. The van der Waals surface area contributed by atoms with Gasteiger partial charge in [-0.3, -0.25) is 9.59 Å². The zero-order valence-electron chi connectivity index (χ0n) is 17.6. The largest absolute Gasteiger partial charge is 0.436 e. The summed E-state index contributed by atoms with van der Waals surface area (Å²) < 4.78 is 5.03. The second-order valence-corrected chi connectivity index (χ2v) is 8.54. The molecule has 0 bridgehead atoms. The maximum absolute atomic E-state index is 13.1. The number of β-amino-alcohol motifs (C(OH)–C–C–N with tert-alkyl or cyclic N) is 1. The van der Waals surface area contributed by atoms with Crippen LogP contribution in [0, 0.1) is 16.7 Å².